The predicted molar refractivity (Wildman–Crippen MR) is 95.5 cm³/mol. The highest BCUT2D eigenvalue weighted by atomic mass is 16.5. The van der Waals surface area contributed by atoms with Gasteiger partial charge < -0.3 is 20.5 Å². The lowest BCUT2D eigenvalue weighted by molar-refractivity contribution is 0.407. The lowest BCUT2D eigenvalue weighted by atomic mass is 10.1. The summed E-state index contributed by atoms with van der Waals surface area (Å²) in [6.07, 6.45) is 1.73. The monoisotopic (exact) mass is 328 g/mol. The molecule has 1 aromatic carbocycles. The Bertz CT molecular complexity index is 691. The van der Waals surface area contributed by atoms with E-state index < -0.39 is 0 Å². The van der Waals surface area contributed by atoms with Crippen molar-refractivity contribution < 1.29 is 9.47 Å². The molecular formula is C18H24N4O2. The van der Waals surface area contributed by atoms with Crippen LogP contribution < -0.4 is 20.5 Å². The van der Waals surface area contributed by atoms with Gasteiger partial charge in [-0.1, -0.05) is 12.1 Å². The fourth-order valence-corrected chi connectivity index (χ4v) is 1.95. The Morgan fingerprint density at radius 2 is 1.96 bits per heavy atom. The minimum absolute atomic E-state index is 0.111. The second-order valence-electron chi connectivity index (χ2n) is 6.36. The van der Waals surface area contributed by atoms with Crippen molar-refractivity contribution in [3.63, 3.8) is 0 Å². The van der Waals surface area contributed by atoms with E-state index in [1.165, 1.54) is 0 Å². The summed E-state index contributed by atoms with van der Waals surface area (Å²) in [7, 11) is 1.62. The molecule has 0 bridgehead atoms. The van der Waals surface area contributed by atoms with Crippen LogP contribution in [0.4, 0.5) is 0 Å². The molecular weight excluding hydrogens is 304 g/mol. The van der Waals surface area contributed by atoms with Crippen molar-refractivity contribution in [1.29, 1.82) is 0 Å². The van der Waals surface area contributed by atoms with Crippen molar-refractivity contribution in [2.75, 3.05) is 7.11 Å². The normalized spacial score (nSPS) is 11.9. The van der Waals surface area contributed by atoms with Gasteiger partial charge in [0.2, 0.25) is 5.88 Å². The smallest absolute Gasteiger partial charge is 0.219 e. The maximum absolute atomic E-state index is 5.85. The molecule has 0 aliphatic carbocycles. The number of ether oxygens (including phenoxy) is 2. The SMILES string of the molecule is COc1cccc(Oc2ccc(CN=C(N)NC(C)(C)C)cn2)c1. The molecule has 0 saturated carbocycles. The maximum Gasteiger partial charge on any atom is 0.219 e. The van der Waals surface area contributed by atoms with Crippen molar-refractivity contribution in [2.45, 2.75) is 32.9 Å². The number of hydrogen-bond donors (Lipinski definition) is 2. The van der Waals surface area contributed by atoms with E-state index >= 15 is 0 Å². The molecule has 6 nitrogen and oxygen atoms in total. The van der Waals surface area contributed by atoms with Crippen LogP contribution in [0.3, 0.4) is 0 Å². The summed E-state index contributed by atoms with van der Waals surface area (Å²) in [6, 6.07) is 11.1. The highest BCUT2D eigenvalue weighted by Gasteiger charge is 2.09. The lowest BCUT2D eigenvalue weighted by Gasteiger charge is -2.20. The summed E-state index contributed by atoms with van der Waals surface area (Å²) in [5.41, 5.74) is 6.69. The van der Waals surface area contributed by atoms with Gasteiger partial charge in [0.1, 0.15) is 11.5 Å². The third-order valence-corrected chi connectivity index (χ3v) is 3.00. The van der Waals surface area contributed by atoms with Crippen LogP contribution in [0.2, 0.25) is 0 Å². The number of pyridine rings is 1. The van der Waals surface area contributed by atoms with Gasteiger partial charge in [0.15, 0.2) is 5.96 Å². The van der Waals surface area contributed by atoms with Gasteiger partial charge in [-0.05, 0) is 38.5 Å². The molecule has 0 aliphatic rings. The van der Waals surface area contributed by atoms with Crippen LogP contribution in [0.5, 0.6) is 17.4 Å². The lowest BCUT2D eigenvalue weighted by Crippen LogP contribution is -2.44. The molecule has 0 saturated heterocycles. The Morgan fingerprint density at radius 3 is 2.58 bits per heavy atom. The molecule has 1 heterocycles. The molecule has 0 spiro atoms. The fraction of sp³-hybridized carbons (Fsp3) is 0.333. The molecule has 24 heavy (non-hydrogen) atoms. The summed E-state index contributed by atoms with van der Waals surface area (Å²) >= 11 is 0. The van der Waals surface area contributed by atoms with Gasteiger partial charge >= 0.3 is 0 Å². The molecule has 6 heteroatoms. The molecule has 128 valence electrons. The van der Waals surface area contributed by atoms with Crippen LogP contribution in [-0.4, -0.2) is 23.6 Å². The first-order valence-electron chi connectivity index (χ1n) is 7.71. The maximum atomic E-state index is 5.85. The van der Waals surface area contributed by atoms with Crippen molar-refractivity contribution in [3.8, 4) is 17.4 Å². The number of methoxy groups -OCH3 is 1. The van der Waals surface area contributed by atoms with Gasteiger partial charge in [-0.2, -0.15) is 0 Å². The molecule has 0 amide bonds. The minimum Gasteiger partial charge on any atom is -0.497 e. The first-order chi connectivity index (χ1) is 11.4. The van der Waals surface area contributed by atoms with Crippen LogP contribution in [0.15, 0.2) is 47.6 Å². The average Bonchev–Trinajstić information content (AvgIpc) is 2.53. The van der Waals surface area contributed by atoms with Crippen LogP contribution in [0.25, 0.3) is 0 Å². The Kier molecular flexibility index (Phi) is 5.63. The number of aliphatic imine (C=N–C) groups is 1. The molecule has 2 aromatic rings. The quantitative estimate of drug-likeness (QED) is 0.651. The number of guanidine groups is 1. The van der Waals surface area contributed by atoms with E-state index in [4.69, 9.17) is 15.2 Å². The number of hydrogen-bond acceptors (Lipinski definition) is 4. The third-order valence-electron chi connectivity index (χ3n) is 3.00. The van der Waals surface area contributed by atoms with Gasteiger partial charge in [-0.15, -0.1) is 0 Å². The van der Waals surface area contributed by atoms with E-state index in [1.54, 1.807) is 25.4 Å². The second-order valence-corrected chi connectivity index (χ2v) is 6.36. The topological polar surface area (TPSA) is 81.8 Å². The average molecular weight is 328 g/mol. The van der Waals surface area contributed by atoms with Crippen LogP contribution in [0, 0.1) is 0 Å². The van der Waals surface area contributed by atoms with Crippen molar-refractivity contribution in [2.24, 2.45) is 10.7 Å². The number of benzene rings is 1. The Balaban J connectivity index is 1.96. The summed E-state index contributed by atoms with van der Waals surface area (Å²) < 4.78 is 10.9. The zero-order chi connectivity index (χ0) is 17.6. The number of aromatic nitrogens is 1. The van der Waals surface area contributed by atoms with E-state index in [1.807, 2.05) is 45.0 Å². The molecule has 0 atom stereocenters. The molecule has 0 unspecified atom stereocenters. The molecule has 0 aliphatic heterocycles. The van der Waals surface area contributed by atoms with Gasteiger partial charge in [0, 0.05) is 23.9 Å². The van der Waals surface area contributed by atoms with Gasteiger partial charge in [0.25, 0.3) is 0 Å². The Hall–Kier alpha value is -2.76. The van der Waals surface area contributed by atoms with Gasteiger partial charge in [-0.25, -0.2) is 9.98 Å². The minimum atomic E-state index is -0.111. The van der Waals surface area contributed by atoms with Gasteiger partial charge in [-0.3, -0.25) is 0 Å². The third kappa shape index (κ3) is 5.79. The molecule has 1 aromatic heterocycles. The number of nitrogens with one attached hydrogen (secondary N) is 1. The first-order valence-corrected chi connectivity index (χ1v) is 7.71. The predicted octanol–water partition coefficient (Wildman–Crippen LogP) is 3.09. The standard InChI is InChI=1S/C18H24N4O2/c1-18(2,3)22-17(19)21-12-13-8-9-16(20-11-13)24-15-7-5-6-14(10-15)23-4/h5-11H,12H2,1-4H3,(H3,19,21,22). The summed E-state index contributed by atoms with van der Waals surface area (Å²) in [4.78, 5) is 8.59. The van der Waals surface area contributed by atoms with Crippen molar-refractivity contribution >= 4 is 5.96 Å². The van der Waals surface area contributed by atoms with Crippen molar-refractivity contribution in [3.05, 3.63) is 48.2 Å². The van der Waals surface area contributed by atoms with E-state index in [2.05, 4.69) is 15.3 Å². The molecule has 0 radical (unpaired) electrons. The fourth-order valence-electron chi connectivity index (χ4n) is 1.95. The van der Waals surface area contributed by atoms with Crippen LogP contribution in [0.1, 0.15) is 26.3 Å². The van der Waals surface area contributed by atoms with Crippen molar-refractivity contribution in [1.82, 2.24) is 10.3 Å². The van der Waals surface area contributed by atoms with Crippen LogP contribution in [-0.2, 0) is 6.54 Å². The molecule has 3 N–H and O–H groups in total. The molecule has 2 rings (SSSR count). The first kappa shape index (κ1) is 17.6. The summed E-state index contributed by atoms with van der Waals surface area (Å²) in [5.74, 6) is 2.34. The second kappa shape index (κ2) is 7.68. The summed E-state index contributed by atoms with van der Waals surface area (Å²) in [5, 5.41) is 3.12. The van der Waals surface area contributed by atoms with E-state index in [9.17, 15) is 0 Å². The highest BCUT2D eigenvalue weighted by Crippen LogP contribution is 2.23. The van der Waals surface area contributed by atoms with E-state index in [-0.39, 0.29) is 5.54 Å². The van der Waals surface area contributed by atoms with E-state index in [0.29, 0.717) is 24.1 Å². The van der Waals surface area contributed by atoms with E-state index in [0.717, 1.165) is 11.3 Å². The zero-order valence-electron chi connectivity index (χ0n) is 14.5. The number of nitrogens with two attached hydrogens (primary N) is 1. The van der Waals surface area contributed by atoms with Crippen LogP contribution >= 0.6 is 0 Å². The Morgan fingerprint density at radius 1 is 1.21 bits per heavy atom. The zero-order valence-corrected chi connectivity index (χ0v) is 14.5. The molecule has 0 fully saturated rings. The number of rotatable bonds is 5. The number of nitrogens with zero attached hydrogens (tertiary/aromatic N) is 2. The summed E-state index contributed by atoms with van der Waals surface area (Å²) in [6.45, 7) is 6.55. The Labute approximate surface area is 142 Å². The van der Waals surface area contributed by atoms with Gasteiger partial charge in [0.05, 0.1) is 13.7 Å². The largest absolute Gasteiger partial charge is 0.497 e. The highest BCUT2D eigenvalue weighted by molar-refractivity contribution is 5.78.